The summed E-state index contributed by atoms with van der Waals surface area (Å²) in [7, 11) is 0. The highest BCUT2D eigenvalue weighted by Gasteiger charge is 2.14. The topological polar surface area (TPSA) is 72.7 Å². The number of rotatable bonds is 4. The minimum atomic E-state index is -0.249. The molecule has 2 aromatic carbocycles. The van der Waals surface area contributed by atoms with E-state index < -0.39 is 0 Å². The van der Waals surface area contributed by atoms with Crippen molar-refractivity contribution in [3.05, 3.63) is 70.0 Å². The number of hydrogen-bond donors (Lipinski definition) is 1. The van der Waals surface area contributed by atoms with Crippen molar-refractivity contribution >= 4 is 29.1 Å². The Balaban J connectivity index is 1.72. The van der Waals surface area contributed by atoms with Crippen molar-refractivity contribution < 1.29 is 4.79 Å². The van der Waals surface area contributed by atoms with Gasteiger partial charge in [-0.25, -0.2) is 4.68 Å². The van der Waals surface area contributed by atoms with Gasteiger partial charge in [-0.05, 0) is 59.3 Å². The molecule has 6 nitrogen and oxygen atoms in total. The molecule has 8 heteroatoms. The Morgan fingerprint density at radius 3 is 2.54 bits per heavy atom. The van der Waals surface area contributed by atoms with Gasteiger partial charge in [0.25, 0.3) is 5.91 Å². The largest absolute Gasteiger partial charge is 0.345 e. The Morgan fingerprint density at radius 1 is 1.17 bits per heavy atom. The summed E-state index contributed by atoms with van der Waals surface area (Å²) in [5.74, 6) is -0.197. The lowest BCUT2D eigenvalue weighted by Gasteiger charge is -2.16. The molecule has 1 amide bonds. The molecule has 122 valence electrons. The van der Waals surface area contributed by atoms with E-state index >= 15 is 0 Å². The van der Waals surface area contributed by atoms with Gasteiger partial charge >= 0.3 is 0 Å². The molecule has 0 aliphatic carbocycles. The van der Waals surface area contributed by atoms with Crippen LogP contribution < -0.4 is 5.32 Å². The zero-order chi connectivity index (χ0) is 17.1. The Morgan fingerprint density at radius 2 is 1.92 bits per heavy atom. The molecule has 0 unspecified atom stereocenters. The Bertz CT molecular complexity index is 849. The number of nitrogens with zero attached hydrogens (tertiary/aromatic N) is 4. The summed E-state index contributed by atoms with van der Waals surface area (Å²) in [5.41, 5.74) is 2.11. The van der Waals surface area contributed by atoms with Crippen molar-refractivity contribution in [2.45, 2.75) is 13.0 Å². The van der Waals surface area contributed by atoms with E-state index in [9.17, 15) is 4.79 Å². The second-order valence-corrected chi connectivity index (χ2v) is 6.01. The van der Waals surface area contributed by atoms with E-state index in [4.69, 9.17) is 23.2 Å². The third kappa shape index (κ3) is 3.55. The molecular formula is C16H13Cl2N5O. The summed E-state index contributed by atoms with van der Waals surface area (Å²) >= 11 is 12.1. The molecule has 1 heterocycles. The molecular weight excluding hydrogens is 349 g/mol. The molecule has 0 aliphatic rings. The molecule has 0 saturated heterocycles. The standard InChI is InChI=1S/C16H13Cl2N5O/c1-10(14-7-4-12(17)8-15(14)18)20-16(24)11-2-5-13(6-3-11)23-9-19-21-22-23/h2-10H,1H3,(H,20,24)/t10-/m0/s1. The Hall–Kier alpha value is -2.44. The van der Waals surface area contributed by atoms with Crippen molar-refractivity contribution in [1.29, 1.82) is 0 Å². The lowest BCUT2D eigenvalue weighted by atomic mass is 10.1. The van der Waals surface area contributed by atoms with Crippen LogP contribution in [0.2, 0.25) is 10.0 Å². The molecule has 3 aromatic rings. The second-order valence-electron chi connectivity index (χ2n) is 5.16. The molecule has 24 heavy (non-hydrogen) atoms. The number of tetrazole rings is 1. The van der Waals surface area contributed by atoms with Crippen LogP contribution in [-0.4, -0.2) is 26.1 Å². The van der Waals surface area contributed by atoms with Gasteiger partial charge in [0.15, 0.2) is 0 Å². The quantitative estimate of drug-likeness (QED) is 0.772. The first-order chi connectivity index (χ1) is 11.5. The van der Waals surface area contributed by atoms with Gasteiger partial charge in [-0.2, -0.15) is 0 Å². The van der Waals surface area contributed by atoms with Crippen LogP contribution in [-0.2, 0) is 0 Å². The maximum absolute atomic E-state index is 12.4. The molecule has 3 rings (SSSR count). The second kappa shape index (κ2) is 6.98. The fourth-order valence-electron chi connectivity index (χ4n) is 2.26. The van der Waals surface area contributed by atoms with Crippen LogP contribution in [0.25, 0.3) is 5.69 Å². The highest BCUT2D eigenvalue weighted by atomic mass is 35.5. The van der Waals surface area contributed by atoms with Crippen molar-refractivity contribution in [3.63, 3.8) is 0 Å². The predicted molar refractivity (Wildman–Crippen MR) is 91.5 cm³/mol. The summed E-state index contributed by atoms with van der Waals surface area (Å²) in [5, 5.41) is 14.9. The van der Waals surface area contributed by atoms with E-state index in [1.807, 2.05) is 6.92 Å². The fraction of sp³-hybridized carbons (Fsp3) is 0.125. The molecule has 0 fully saturated rings. The van der Waals surface area contributed by atoms with Gasteiger partial charge in [0.1, 0.15) is 6.33 Å². The third-order valence-corrected chi connectivity index (χ3v) is 4.08. The monoisotopic (exact) mass is 361 g/mol. The Kier molecular flexibility index (Phi) is 4.78. The maximum Gasteiger partial charge on any atom is 0.251 e. The minimum absolute atomic E-state index is 0.197. The van der Waals surface area contributed by atoms with E-state index in [1.54, 1.807) is 42.5 Å². The molecule has 1 aromatic heterocycles. The maximum atomic E-state index is 12.4. The first-order valence-corrected chi connectivity index (χ1v) is 7.89. The number of halogens is 2. The first kappa shape index (κ1) is 16.4. The molecule has 0 aliphatic heterocycles. The van der Waals surface area contributed by atoms with Crippen molar-refractivity contribution in [2.24, 2.45) is 0 Å². The summed E-state index contributed by atoms with van der Waals surface area (Å²) in [4.78, 5) is 12.4. The van der Waals surface area contributed by atoms with Gasteiger partial charge in [0, 0.05) is 15.6 Å². The van der Waals surface area contributed by atoms with E-state index in [0.717, 1.165) is 11.3 Å². The summed E-state index contributed by atoms with van der Waals surface area (Å²) in [6.45, 7) is 1.86. The van der Waals surface area contributed by atoms with Crippen LogP contribution in [0.1, 0.15) is 28.9 Å². The molecule has 0 bridgehead atoms. The van der Waals surface area contributed by atoms with E-state index in [2.05, 4.69) is 20.8 Å². The van der Waals surface area contributed by atoms with Gasteiger partial charge in [-0.1, -0.05) is 29.3 Å². The lowest BCUT2D eigenvalue weighted by Crippen LogP contribution is -2.26. The zero-order valence-electron chi connectivity index (χ0n) is 12.6. The van der Waals surface area contributed by atoms with Gasteiger partial charge in [0.2, 0.25) is 0 Å². The molecule has 1 N–H and O–H groups in total. The number of benzene rings is 2. The van der Waals surface area contributed by atoms with Crippen LogP contribution >= 0.6 is 23.2 Å². The van der Waals surface area contributed by atoms with Crippen LogP contribution in [0.15, 0.2) is 48.8 Å². The smallest absolute Gasteiger partial charge is 0.251 e. The minimum Gasteiger partial charge on any atom is -0.345 e. The first-order valence-electron chi connectivity index (χ1n) is 7.14. The number of hydrogen-bond acceptors (Lipinski definition) is 4. The van der Waals surface area contributed by atoms with Crippen LogP contribution in [0.5, 0.6) is 0 Å². The molecule has 0 spiro atoms. The van der Waals surface area contributed by atoms with Gasteiger partial charge < -0.3 is 5.32 Å². The number of carbonyl (C=O) groups is 1. The van der Waals surface area contributed by atoms with E-state index in [0.29, 0.717) is 15.6 Å². The van der Waals surface area contributed by atoms with Crippen LogP contribution in [0, 0.1) is 0 Å². The Labute approximate surface area is 148 Å². The summed E-state index contributed by atoms with van der Waals surface area (Å²) < 4.78 is 1.51. The molecule has 1 atom stereocenters. The predicted octanol–water partition coefficient (Wildman–Crippen LogP) is 3.46. The number of amides is 1. The number of carbonyl (C=O) groups excluding carboxylic acids is 1. The van der Waals surface area contributed by atoms with Crippen LogP contribution in [0.3, 0.4) is 0 Å². The molecule has 0 radical (unpaired) electrons. The average molecular weight is 362 g/mol. The fourth-order valence-corrected chi connectivity index (χ4v) is 2.83. The van der Waals surface area contributed by atoms with Crippen molar-refractivity contribution in [3.8, 4) is 5.69 Å². The highest BCUT2D eigenvalue weighted by Crippen LogP contribution is 2.26. The van der Waals surface area contributed by atoms with Gasteiger partial charge in [-0.15, -0.1) is 5.10 Å². The number of aromatic nitrogens is 4. The van der Waals surface area contributed by atoms with Gasteiger partial charge in [0.05, 0.1) is 11.7 Å². The molecule has 0 saturated carbocycles. The summed E-state index contributed by atoms with van der Waals surface area (Å²) in [6.07, 6.45) is 1.49. The normalized spacial score (nSPS) is 12.0. The average Bonchev–Trinajstić information content (AvgIpc) is 3.09. The van der Waals surface area contributed by atoms with Crippen molar-refractivity contribution in [1.82, 2.24) is 25.5 Å². The van der Waals surface area contributed by atoms with Gasteiger partial charge in [-0.3, -0.25) is 4.79 Å². The van der Waals surface area contributed by atoms with E-state index in [-0.39, 0.29) is 11.9 Å². The SMILES string of the molecule is C[C@H](NC(=O)c1ccc(-n2cnnn2)cc1)c1ccc(Cl)cc1Cl. The zero-order valence-corrected chi connectivity index (χ0v) is 14.2. The van der Waals surface area contributed by atoms with E-state index in [1.165, 1.54) is 11.0 Å². The highest BCUT2D eigenvalue weighted by molar-refractivity contribution is 6.35. The lowest BCUT2D eigenvalue weighted by molar-refractivity contribution is 0.0940. The summed E-state index contributed by atoms with van der Waals surface area (Å²) in [6, 6.07) is 11.9. The third-order valence-electron chi connectivity index (χ3n) is 3.52. The van der Waals surface area contributed by atoms with Crippen molar-refractivity contribution in [2.75, 3.05) is 0 Å². The van der Waals surface area contributed by atoms with Crippen LogP contribution in [0.4, 0.5) is 0 Å². The number of nitrogens with one attached hydrogen (secondary N) is 1.